The molecule has 0 radical (unpaired) electrons. The number of nitrogen functional groups attached to an aromatic ring is 1. The minimum absolute atomic E-state index is 0.0919. The van der Waals surface area contributed by atoms with Crippen molar-refractivity contribution in [3.63, 3.8) is 0 Å². The molecule has 1 saturated heterocycles. The summed E-state index contributed by atoms with van der Waals surface area (Å²) in [6.07, 6.45) is 5.48. The molecule has 3 heterocycles. The Labute approximate surface area is 115 Å². The average Bonchev–Trinajstić information content (AvgIpc) is 3.17. The Balaban J connectivity index is 1.77. The van der Waals surface area contributed by atoms with Crippen LogP contribution in [-0.2, 0) is 4.74 Å². The predicted molar refractivity (Wildman–Crippen MR) is 69.2 cm³/mol. The quantitative estimate of drug-likeness (QED) is 0.575. The van der Waals surface area contributed by atoms with E-state index in [1.54, 1.807) is 18.5 Å². The van der Waals surface area contributed by atoms with Crippen LogP contribution in [0.1, 0.15) is 12.8 Å². The molecule has 0 saturated carbocycles. The van der Waals surface area contributed by atoms with E-state index in [0.29, 0.717) is 12.6 Å². The van der Waals surface area contributed by atoms with Crippen LogP contribution < -0.4 is 16.0 Å². The summed E-state index contributed by atoms with van der Waals surface area (Å²) in [4.78, 5) is 12.3. The van der Waals surface area contributed by atoms with Gasteiger partial charge in [0, 0.05) is 19.0 Å². The summed E-state index contributed by atoms with van der Waals surface area (Å²) >= 11 is 0. The number of ether oxygens (including phenoxy) is 2. The topological polar surface area (TPSA) is 113 Å². The van der Waals surface area contributed by atoms with Crippen molar-refractivity contribution in [1.82, 2.24) is 24.7 Å². The third-order valence-corrected chi connectivity index (χ3v) is 2.86. The molecule has 0 spiro atoms. The van der Waals surface area contributed by atoms with Gasteiger partial charge in [0.1, 0.15) is 6.61 Å². The van der Waals surface area contributed by atoms with E-state index >= 15 is 0 Å². The van der Waals surface area contributed by atoms with Gasteiger partial charge in [0.25, 0.3) is 5.95 Å². The molecule has 0 amide bonds. The molecule has 0 bridgehead atoms. The lowest BCUT2D eigenvalue weighted by Crippen LogP contribution is -2.19. The SMILES string of the molecule is NNc1nc(OCC2CCCO2)nc(-n2cccn2)n1. The predicted octanol–water partition coefficient (Wildman–Crippen LogP) is -0.0993. The number of nitrogens with one attached hydrogen (secondary N) is 1. The molecule has 9 nitrogen and oxygen atoms in total. The molecular weight excluding hydrogens is 262 g/mol. The molecule has 2 aromatic heterocycles. The van der Waals surface area contributed by atoms with Crippen LogP contribution in [0.5, 0.6) is 6.01 Å². The molecule has 106 valence electrons. The van der Waals surface area contributed by atoms with Crippen molar-refractivity contribution < 1.29 is 9.47 Å². The van der Waals surface area contributed by atoms with E-state index in [9.17, 15) is 0 Å². The van der Waals surface area contributed by atoms with Gasteiger partial charge in [-0.05, 0) is 18.9 Å². The average molecular weight is 277 g/mol. The van der Waals surface area contributed by atoms with Crippen molar-refractivity contribution in [3.05, 3.63) is 18.5 Å². The second-order valence-corrected chi connectivity index (χ2v) is 4.28. The van der Waals surface area contributed by atoms with E-state index in [0.717, 1.165) is 19.4 Å². The van der Waals surface area contributed by atoms with E-state index in [4.69, 9.17) is 15.3 Å². The highest BCUT2D eigenvalue weighted by Gasteiger charge is 2.17. The summed E-state index contributed by atoms with van der Waals surface area (Å²) in [6, 6.07) is 1.96. The molecule has 20 heavy (non-hydrogen) atoms. The number of rotatable bonds is 5. The summed E-state index contributed by atoms with van der Waals surface area (Å²) in [6.45, 7) is 1.19. The second-order valence-electron chi connectivity index (χ2n) is 4.28. The maximum absolute atomic E-state index is 5.55. The van der Waals surface area contributed by atoms with Gasteiger partial charge in [0.05, 0.1) is 6.10 Å². The maximum atomic E-state index is 5.55. The Morgan fingerprint density at radius 2 is 2.40 bits per heavy atom. The zero-order chi connectivity index (χ0) is 13.8. The Bertz CT molecular complexity index is 554. The van der Waals surface area contributed by atoms with Gasteiger partial charge in [-0.15, -0.1) is 0 Å². The number of anilines is 1. The Morgan fingerprint density at radius 3 is 3.10 bits per heavy atom. The maximum Gasteiger partial charge on any atom is 0.323 e. The van der Waals surface area contributed by atoms with Crippen LogP contribution in [0.2, 0.25) is 0 Å². The highest BCUT2D eigenvalue weighted by Crippen LogP contribution is 2.14. The first kappa shape index (κ1) is 12.8. The third-order valence-electron chi connectivity index (χ3n) is 2.86. The van der Waals surface area contributed by atoms with Crippen molar-refractivity contribution in [2.75, 3.05) is 18.6 Å². The van der Waals surface area contributed by atoms with Crippen LogP contribution in [0.25, 0.3) is 5.95 Å². The molecule has 1 unspecified atom stereocenters. The van der Waals surface area contributed by atoms with E-state index in [-0.39, 0.29) is 18.1 Å². The lowest BCUT2D eigenvalue weighted by atomic mass is 10.2. The van der Waals surface area contributed by atoms with Crippen LogP contribution in [0.15, 0.2) is 18.5 Å². The van der Waals surface area contributed by atoms with E-state index in [2.05, 4.69) is 25.5 Å². The highest BCUT2D eigenvalue weighted by molar-refractivity contribution is 5.28. The van der Waals surface area contributed by atoms with Gasteiger partial charge in [-0.2, -0.15) is 20.1 Å². The van der Waals surface area contributed by atoms with Gasteiger partial charge >= 0.3 is 6.01 Å². The molecule has 0 aliphatic carbocycles. The Kier molecular flexibility index (Phi) is 3.70. The number of nitrogens with zero attached hydrogens (tertiary/aromatic N) is 5. The molecule has 1 aliphatic heterocycles. The first-order chi connectivity index (χ1) is 9.85. The number of aromatic nitrogens is 5. The number of hydrogen-bond acceptors (Lipinski definition) is 8. The van der Waals surface area contributed by atoms with Crippen LogP contribution in [-0.4, -0.2) is 44.1 Å². The first-order valence-electron chi connectivity index (χ1n) is 6.32. The van der Waals surface area contributed by atoms with Gasteiger partial charge in [0.15, 0.2) is 0 Å². The summed E-state index contributed by atoms with van der Waals surface area (Å²) in [7, 11) is 0. The second kappa shape index (κ2) is 5.80. The monoisotopic (exact) mass is 277 g/mol. The van der Waals surface area contributed by atoms with Gasteiger partial charge < -0.3 is 9.47 Å². The van der Waals surface area contributed by atoms with Crippen molar-refractivity contribution in [2.45, 2.75) is 18.9 Å². The van der Waals surface area contributed by atoms with Crippen molar-refractivity contribution in [2.24, 2.45) is 5.84 Å². The molecule has 1 fully saturated rings. The molecule has 1 aliphatic rings. The smallest absolute Gasteiger partial charge is 0.323 e. The van der Waals surface area contributed by atoms with Crippen molar-refractivity contribution in [3.8, 4) is 12.0 Å². The number of hydrazine groups is 1. The Morgan fingerprint density at radius 1 is 1.45 bits per heavy atom. The van der Waals surface area contributed by atoms with Crippen LogP contribution in [0.4, 0.5) is 5.95 Å². The first-order valence-corrected chi connectivity index (χ1v) is 6.32. The minimum atomic E-state index is 0.0919. The Hall–Kier alpha value is -2.26. The van der Waals surface area contributed by atoms with Crippen LogP contribution in [0, 0.1) is 0 Å². The summed E-state index contributed by atoms with van der Waals surface area (Å²) in [5.74, 6) is 5.90. The molecule has 9 heteroatoms. The molecular formula is C11H15N7O2. The summed E-state index contributed by atoms with van der Waals surface area (Å²) < 4.78 is 12.5. The van der Waals surface area contributed by atoms with E-state index in [1.807, 2.05) is 0 Å². The zero-order valence-electron chi connectivity index (χ0n) is 10.8. The normalized spacial score (nSPS) is 18.1. The van der Waals surface area contributed by atoms with E-state index < -0.39 is 0 Å². The summed E-state index contributed by atoms with van der Waals surface area (Å²) in [5, 5.41) is 4.06. The molecule has 3 N–H and O–H groups in total. The number of nitrogens with two attached hydrogens (primary N) is 1. The van der Waals surface area contributed by atoms with Gasteiger partial charge in [-0.1, -0.05) is 0 Å². The van der Waals surface area contributed by atoms with E-state index in [1.165, 1.54) is 4.68 Å². The highest BCUT2D eigenvalue weighted by atomic mass is 16.5. The van der Waals surface area contributed by atoms with Crippen molar-refractivity contribution in [1.29, 1.82) is 0 Å². The molecule has 2 aromatic rings. The largest absolute Gasteiger partial charge is 0.461 e. The van der Waals surface area contributed by atoms with Gasteiger partial charge in [-0.3, -0.25) is 5.43 Å². The lowest BCUT2D eigenvalue weighted by Gasteiger charge is -2.11. The fourth-order valence-electron chi connectivity index (χ4n) is 1.91. The molecule has 1 atom stereocenters. The van der Waals surface area contributed by atoms with Crippen LogP contribution >= 0.6 is 0 Å². The fraction of sp³-hybridized carbons (Fsp3) is 0.455. The number of hydrogen-bond donors (Lipinski definition) is 2. The van der Waals surface area contributed by atoms with Crippen molar-refractivity contribution >= 4 is 5.95 Å². The molecule has 0 aromatic carbocycles. The minimum Gasteiger partial charge on any atom is -0.461 e. The van der Waals surface area contributed by atoms with Gasteiger partial charge in [0.2, 0.25) is 5.95 Å². The third kappa shape index (κ3) is 2.83. The van der Waals surface area contributed by atoms with Gasteiger partial charge in [-0.25, -0.2) is 10.5 Å². The fourth-order valence-corrected chi connectivity index (χ4v) is 1.91. The lowest BCUT2D eigenvalue weighted by molar-refractivity contribution is 0.0644. The van der Waals surface area contributed by atoms with Crippen LogP contribution in [0.3, 0.4) is 0 Å². The summed E-state index contributed by atoms with van der Waals surface area (Å²) in [5.41, 5.74) is 2.38. The zero-order valence-corrected chi connectivity index (χ0v) is 10.8. The molecule has 3 rings (SSSR count). The standard InChI is InChI=1S/C11H15N7O2/c12-17-9-14-10(18-5-2-4-13-18)16-11(15-9)20-7-8-3-1-6-19-8/h2,4-5,8H,1,3,6-7,12H2,(H,14,15,16,17).